The van der Waals surface area contributed by atoms with E-state index in [2.05, 4.69) is 79.5 Å². The van der Waals surface area contributed by atoms with E-state index in [0.717, 1.165) is 11.5 Å². The first kappa shape index (κ1) is 12.5. The number of para-hydroxylation sites is 3. The number of nitrogens with zero attached hydrogens (tertiary/aromatic N) is 2. The maximum Gasteiger partial charge on any atom is 0.133 e. The van der Waals surface area contributed by atoms with Crippen LogP contribution in [0.5, 0.6) is 0 Å². The molecule has 0 saturated carbocycles. The lowest BCUT2D eigenvalue weighted by molar-refractivity contribution is 0.567. The van der Waals surface area contributed by atoms with Gasteiger partial charge >= 0.3 is 0 Å². The number of rotatable bonds is 0. The highest BCUT2D eigenvalue weighted by molar-refractivity contribution is 6.09. The molecule has 3 heteroatoms. The number of benzene rings is 2. The van der Waals surface area contributed by atoms with Gasteiger partial charge < -0.3 is 10.2 Å². The fraction of sp³-hybridized carbons (Fsp3) is 0.278. The molecule has 3 nitrogen and oxygen atoms in total. The van der Waals surface area contributed by atoms with Crippen molar-refractivity contribution in [1.82, 2.24) is 0 Å². The molecule has 0 amide bonds. The van der Waals surface area contributed by atoms with Crippen LogP contribution in [-0.4, -0.2) is 5.84 Å². The molecule has 106 valence electrons. The van der Waals surface area contributed by atoms with Crippen molar-refractivity contribution in [3.05, 3.63) is 54.1 Å². The van der Waals surface area contributed by atoms with Gasteiger partial charge in [0.15, 0.2) is 0 Å². The molecule has 2 aliphatic heterocycles. The van der Waals surface area contributed by atoms with Gasteiger partial charge in [-0.15, -0.1) is 0 Å². The zero-order chi connectivity index (χ0) is 14.6. The molecule has 2 aromatic carbocycles. The highest BCUT2D eigenvalue weighted by Crippen LogP contribution is 2.48. The number of hydrogen-bond donors (Lipinski definition) is 1. The van der Waals surface area contributed by atoms with Gasteiger partial charge in [-0.1, -0.05) is 51.1 Å². The average Bonchev–Trinajstić information content (AvgIpc) is 2.85. The number of aliphatic imine (C=N–C) groups is 1. The largest absolute Gasteiger partial charge is 0.359 e. The summed E-state index contributed by atoms with van der Waals surface area (Å²) in [4.78, 5) is 7.31. The van der Waals surface area contributed by atoms with Crippen molar-refractivity contribution in [2.75, 3.05) is 10.2 Å². The monoisotopic (exact) mass is 277 g/mol. The van der Waals surface area contributed by atoms with Gasteiger partial charge in [0, 0.05) is 11.0 Å². The van der Waals surface area contributed by atoms with Gasteiger partial charge in [0.05, 0.1) is 17.1 Å². The van der Waals surface area contributed by atoms with E-state index in [-0.39, 0.29) is 11.6 Å². The lowest BCUT2D eigenvalue weighted by Gasteiger charge is -2.38. The quantitative estimate of drug-likeness (QED) is 0.755. The Morgan fingerprint density at radius 3 is 2.52 bits per heavy atom. The van der Waals surface area contributed by atoms with Gasteiger partial charge in [-0.3, -0.25) is 0 Å². The number of amidine groups is 1. The van der Waals surface area contributed by atoms with Gasteiger partial charge in [0.25, 0.3) is 0 Å². The van der Waals surface area contributed by atoms with Crippen molar-refractivity contribution >= 4 is 22.9 Å². The summed E-state index contributed by atoms with van der Waals surface area (Å²) in [5.74, 6) is 1.11. The van der Waals surface area contributed by atoms with Crippen molar-refractivity contribution in [2.24, 2.45) is 10.4 Å². The molecular formula is C18H19N3. The summed E-state index contributed by atoms with van der Waals surface area (Å²) in [5.41, 5.74) is 4.69. The summed E-state index contributed by atoms with van der Waals surface area (Å²) >= 11 is 0. The van der Waals surface area contributed by atoms with E-state index < -0.39 is 0 Å². The van der Waals surface area contributed by atoms with Crippen molar-refractivity contribution in [2.45, 2.75) is 26.9 Å². The predicted molar refractivity (Wildman–Crippen MR) is 88.3 cm³/mol. The smallest absolute Gasteiger partial charge is 0.133 e. The Kier molecular flexibility index (Phi) is 2.43. The molecule has 2 heterocycles. The fourth-order valence-corrected chi connectivity index (χ4v) is 3.13. The minimum Gasteiger partial charge on any atom is -0.359 e. The van der Waals surface area contributed by atoms with Gasteiger partial charge in [-0.2, -0.15) is 0 Å². The van der Waals surface area contributed by atoms with Crippen LogP contribution in [0.4, 0.5) is 17.1 Å². The number of anilines is 2. The Morgan fingerprint density at radius 2 is 1.71 bits per heavy atom. The summed E-state index contributed by atoms with van der Waals surface area (Å²) in [6, 6.07) is 16.9. The molecule has 0 fully saturated rings. The maximum atomic E-state index is 4.96. The van der Waals surface area contributed by atoms with Crippen LogP contribution in [0, 0.1) is 5.41 Å². The average molecular weight is 277 g/mol. The zero-order valence-electron chi connectivity index (χ0n) is 12.6. The highest BCUT2D eigenvalue weighted by Gasteiger charge is 2.40. The second-order valence-corrected chi connectivity index (χ2v) is 6.68. The lowest BCUT2D eigenvalue weighted by atomic mass is 9.91. The van der Waals surface area contributed by atoms with Crippen LogP contribution in [-0.2, 0) is 0 Å². The third-order valence-corrected chi connectivity index (χ3v) is 4.07. The third kappa shape index (κ3) is 1.77. The van der Waals surface area contributed by atoms with Crippen LogP contribution < -0.4 is 10.2 Å². The number of nitrogens with one attached hydrogen (secondary N) is 1. The molecule has 1 atom stereocenters. The minimum atomic E-state index is -0.00902. The SMILES string of the molecule is CC(C)(C)C1=Nc2ccccc2C2Nc3ccccc3N12. The standard InChI is InChI=1S/C18H19N3/c1-18(2,3)17-20-13-9-5-4-8-12(13)16-19-14-10-6-7-11-15(14)21(16)17/h4-11,16,19H,1-3H3. The maximum absolute atomic E-state index is 4.96. The first-order chi connectivity index (χ1) is 10.1. The van der Waals surface area contributed by atoms with E-state index in [4.69, 9.17) is 4.99 Å². The molecule has 2 aromatic rings. The summed E-state index contributed by atoms with van der Waals surface area (Å²) in [5, 5.41) is 3.64. The van der Waals surface area contributed by atoms with E-state index in [9.17, 15) is 0 Å². The van der Waals surface area contributed by atoms with Crippen LogP contribution in [0.1, 0.15) is 32.5 Å². The van der Waals surface area contributed by atoms with E-state index in [1.165, 1.54) is 16.9 Å². The Balaban J connectivity index is 1.97. The zero-order valence-corrected chi connectivity index (χ0v) is 12.6. The second kappa shape index (κ2) is 4.10. The molecule has 21 heavy (non-hydrogen) atoms. The van der Waals surface area contributed by atoms with E-state index in [1.54, 1.807) is 0 Å². The van der Waals surface area contributed by atoms with Gasteiger partial charge in [0.2, 0.25) is 0 Å². The summed E-state index contributed by atoms with van der Waals surface area (Å²) < 4.78 is 0. The topological polar surface area (TPSA) is 27.6 Å². The Labute approximate surface area is 125 Å². The molecule has 4 rings (SSSR count). The third-order valence-electron chi connectivity index (χ3n) is 4.07. The van der Waals surface area contributed by atoms with Crippen LogP contribution in [0.15, 0.2) is 53.5 Å². The van der Waals surface area contributed by atoms with Crippen molar-refractivity contribution < 1.29 is 0 Å². The van der Waals surface area contributed by atoms with Gasteiger partial charge in [-0.25, -0.2) is 4.99 Å². The Bertz CT molecular complexity index is 740. The van der Waals surface area contributed by atoms with E-state index in [1.807, 2.05) is 0 Å². The van der Waals surface area contributed by atoms with Crippen LogP contribution in [0.3, 0.4) is 0 Å². The molecule has 0 aromatic heterocycles. The molecule has 0 aliphatic carbocycles. The second-order valence-electron chi connectivity index (χ2n) is 6.68. The first-order valence-electron chi connectivity index (χ1n) is 7.38. The Hall–Kier alpha value is -2.29. The first-order valence-corrected chi connectivity index (χ1v) is 7.38. The summed E-state index contributed by atoms with van der Waals surface area (Å²) in [7, 11) is 0. The van der Waals surface area contributed by atoms with Crippen LogP contribution >= 0.6 is 0 Å². The van der Waals surface area contributed by atoms with Crippen molar-refractivity contribution in [3.8, 4) is 0 Å². The van der Waals surface area contributed by atoms with Gasteiger partial charge in [-0.05, 0) is 18.2 Å². The van der Waals surface area contributed by atoms with Crippen molar-refractivity contribution in [3.63, 3.8) is 0 Å². The van der Waals surface area contributed by atoms with E-state index in [0.29, 0.717) is 0 Å². The van der Waals surface area contributed by atoms with Crippen LogP contribution in [0.2, 0.25) is 0 Å². The number of hydrogen-bond acceptors (Lipinski definition) is 3. The normalized spacial score (nSPS) is 19.3. The molecule has 0 radical (unpaired) electrons. The summed E-state index contributed by atoms with van der Waals surface area (Å²) in [6.45, 7) is 6.66. The molecule has 1 unspecified atom stereocenters. The van der Waals surface area contributed by atoms with Crippen LogP contribution in [0.25, 0.3) is 0 Å². The fourth-order valence-electron chi connectivity index (χ4n) is 3.13. The van der Waals surface area contributed by atoms with E-state index >= 15 is 0 Å². The highest BCUT2D eigenvalue weighted by atomic mass is 15.4. The number of fused-ring (bicyclic) bond motifs is 5. The Morgan fingerprint density at radius 1 is 1.00 bits per heavy atom. The van der Waals surface area contributed by atoms with Crippen molar-refractivity contribution in [1.29, 1.82) is 0 Å². The molecule has 0 saturated heterocycles. The molecular weight excluding hydrogens is 258 g/mol. The molecule has 0 bridgehead atoms. The minimum absolute atomic E-state index is 0.00902. The molecule has 0 spiro atoms. The van der Waals surface area contributed by atoms with Gasteiger partial charge in [0.1, 0.15) is 12.0 Å². The molecule has 1 N–H and O–H groups in total. The molecule has 2 aliphatic rings. The lowest BCUT2D eigenvalue weighted by Crippen LogP contribution is -2.43. The summed E-state index contributed by atoms with van der Waals surface area (Å²) in [6.07, 6.45) is 0.144. The predicted octanol–water partition coefficient (Wildman–Crippen LogP) is 4.71.